The fourth-order valence-electron chi connectivity index (χ4n) is 3.12. The first kappa shape index (κ1) is 20.9. The van der Waals surface area contributed by atoms with Crippen molar-refractivity contribution in [2.24, 2.45) is 5.16 Å². The monoisotopic (exact) mass is 407 g/mol. The number of ether oxygens (including phenoxy) is 1. The molecule has 3 rings (SSSR count). The van der Waals surface area contributed by atoms with Gasteiger partial charge in [0.05, 0.1) is 11.3 Å². The Hall–Kier alpha value is -2.87. The summed E-state index contributed by atoms with van der Waals surface area (Å²) in [5.74, 6) is -1.03. The van der Waals surface area contributed by atoms with Gasteiger partial charge in [-0.25, -0.2) is 4.79 Å². The lowest BCUT2D eigenvalue weighted by atomic mass is 9.97. The van der Waals surface area contributed by atoms with E-state index in [-0.39, 0.29) is 6.42 Å². The zero-order valence-corrected chi connectivity index (χ0v) is 15.6. The number of carboxylic acid groups (broad SMARTS) is 1. The van der Waals surface area contributed by atoms with E-state index in [1.54, 1.807) is 13.0 Å². The highest BCUT2D eigenvalue weighted by Crippen LogP contribution is 2.33. The summed E-state index contributed by atoms with van der Waals surface area (Å²) in [5, 5.41) is 13.3. The number of hydrogen-bond donors (Lipinski definition) is 1. The van der Waals surface area contributed by atoms with Gasteiger partial charge in [-0.05, 0) is 41.8 Å². The summed E-state index contributed by atoms with van der Waals surface area (Å²) in [4.78, 5) is 16.7. The maximum absolute atomic E-state index is 12.7. The largest absolute Gasteiger partial charge is 0.479 e. The van der Waals surface area contributed by atoms with Crippen molar-refractivity contribution in [1.29, 1.82) is 0 Å². The molecule has 0 amide bonds. The van der Waals surface area contributed by atoms with Crippen LogP contribution in [0.2, 0.25) is 0 Å². The third-order valence-corrected chi connectivity index (χ3v) is 4.60. The van der Waals surface area contributed by atoms with Gasteiger partial charge in [-0.3, -0.25) is 0 Å². The van der Waals surface area contributed by atoms with Gasteiger partial charge in [0.1, 0.15) is 0 Å². The molecule has 0 spiro atoms. The van der Waals surface area contributed by atoms with Gasteiger partial charge < -0.3 is 14.7 Å². The Morgan fingerprint density at radius 3 is 2.62 bits per heavy atom. The van der Waals surface area contributed by atoms with Crippen molar-refractivity contribution in [3.63, 3.8) is 0 Å². The second-order valence-electron chi connectivity index (χ2n) is 6.64. The Balaban J connectivity index is 1.69. The Labute approximate surface area is 165 Å². The summed E-state index contributed by atoms with van der Waals surface area (Å²) in [6.45, 7) is 2.03. The van der Waals surface area contributed by atoms with Gasteiger partial charge in [0.15, 0.2) is 12.2 Å². The van der Waals surface area contributed by atoms with Crippen LogP contribution < -0.4 is 0 Å². The van der Waals surface area contributed by atoms with Crippen LogP contribution in [0, 0.1) is 0 Å². The minimum absolute atomic E-state index is 0.216. The predicted octanol–water partition coefficient (Wildman–Crippen LogP) is 4.60. The Morgan fingerprint density at radius 2 is 2.00 bits per heavy atom. The number of benzene rings is 2. The molecule has 0 aromatic heterocycles. The SMILES string of the molecule is CCO[C@@H](Cc1cccc(C2=NOC(c3ccc(C(F)(F)F)cc3)C2)c1)C(=O)O. The van der Waals surface area contributed by atoms with Gasteiger partial charge in [0.25, 0.3) is 0 Å². The number of carboxylic acids is 1. The molecular formula is C21H20F3NO4. The molecule has 1 aliphatic heterocycles. The first-order valence-corrected chi connectivity index (χ1v) is 9.11. The molecule has 0 fully saturated rings. The van der Waals surface area contributed by atoms with Crippen molar-refractivity contribution < 1.29 is 32.6 Å². The molecule has 1 N–H and O–H groups in total. The van der Waals surface area contributed by atoms with E-state index in [1.807, 2.05) is 18.2 Å². The number of nitrogens with zero attached hydrogens (tertiary/aromatic N) is 1. The van der Waals surface area contributed by atoms with Gasteiger partial charge in [0.2, 0.25) is 0 Å². The van der Waals surface area contributed by atoms with Crippen LogP contribution in [0.1, 0.15) is 41.7 Å². The van der Waals surface area contributed by atoms with E-state index >= 15 is 0 Å². The number of carbonyl (C=O) groups is 1. The van der Waals surface area contributed by atoms with Gasteiger partial charge in [-0.1, -0.05) is 35.5 Å². The van der Waals surface area contributed by atoms with E-state index in [2.05, 4.69) is 5.16 Å². The van der Waals surface area contributed by atoms with E-state index in [0.29, 0.717) is 24.3 Å². The van der Waals surface area contributed by atoms with Crippen LogP contribution >= 0.6 is 0 Å². The predicted molar refractivity (Wildman–Crippen MR) is 99.6 cm³/mol. The van der Waals surface area contributed by atoms with Crippen molar-refractivity contribution in [3.05, 3.63) is 70.8 Å². The van der Waals surface area contributed by atoms with Gasteiger partial charge in [-0.2, -0.15) is 13.2 Å². The Kier molecular flexibility index (Phi) is 6.22. The normalized spacial score (nSPS) is 17.5. The molecule has 0 radical (unpaired) electrons. The molecule has 1 aliphatic rings. The first-order chi connectivity index (χ1) is 13.8. The van der Waals surface area contributed by atoms with Crippen molar-refractivity contribution in [2.75, 3.05) is 6.61 Å². The fraction of sp³-hybridized carbons (Fsp3) is 0.333. The van der Waals surface area contributed by atoms with Crippen LogP contribution in [-0.2, 0) is 27.0 Å². The summed E-state index contributed by atoms with van der Waals surface area (Å²) < 4.78 is 43.4. The van der Waals surface area contributed by atoms with Gasteiger partial charge in [-0.15, -0.1) is 0 Å². The van der Waals surface area contributed by atoms with Crippen molar-refractivity contribution in [2.45, 2.75) is 38.1 Å². The van der Waals surface area contributed by atoms with E-state index in [1.165, 1.54) is 12.1 Å². The molecule has 5 nitrogen and oxygen atoms in total. The standard InChI is InChI=1S/C21H20F3NO4/c1-2-28-19(20(26)27)11-13-4-3-5-15(10-13)17-12-18(29-25-17)14-6-8-16(9-7-14)21(22,23)24/h3-10,18-19H,2,11-12H2,1H3,(H,26,27)/t18?,19-/m0/s1. The summed E-state index contributed by atoms with van der Waals surface area (Å²) in [5.41, 5.74) is 2.10. The summed E-state index contributed by atoms with van der Waals surface area (Å²) in [7, 11) is 0. The average molecular weight is 407 g/mol. The van der Waals surface area contributed by atoms with E-state index in [0.717, 1.165) is 23.3 Å². The summed E-state index contributed by atoms with van der Waals surface area (Å²) in [6, 6.07) is 12.1. The lowest BCUT2D eigenvalue weighted by molar-refractivity contribution is -0.150. The smallest absolute Gasteiger partial charge is 0.416 e. The van der Waals surface area contributed by atoms with E-state index in [4.69, 9.17) is 9.57 Å². The summed E-state index contributed by atoms with van der Waals surface area (Å²) in [6.07, 6.45) is -5.16. The lowest BCUT2D eigenvalue weighted by Crippen LogP contribution is -2.26. The quantitative estimate of drug-likeness (QED) is 0.728. The van der Waals surface area contributed by atoms with Gasteiger partial charge in [0, 0.05) is 19.4 Å². The highest BCUT2D eigenvalue weighted by atomic mass is 19.4. The number of halogens is 3. The second-order valence-corrected chi connectivity index (χ2v) is 6.64. The Morgan fingerprint density at radius 1 is 1.28 bits per heavy atom. The molecule has 154 valence electrons. The third kappa shape index (κ3) is 5.14. The number of oxime groups is 1. The first-order valence-electron chi connectivity index (χ1n) is 9.11. The van der Waals surface area contributed by atoms with E-state index < -0.39 is 29.9 Å². The molecule has 0 saturated heterocycles. The van der Waals surface area contributed by atoms with Crippen LogP contribution in [0.5, 0.6) is 0 Å². The molecule has 2 aromatic rings. The van der Waals surface area contributed by atoms with Crippen LogP contribution in [0.4, 0.5) is 13.2 Å². The zero-order chi connectivity index (χ0) is 21.0. The molecule has 2 atom stereocenters. The van der Waals surface area contributed by atoms with Crippen molar-refractivity contribution in [1.82, 2.24) is 0 Å². The molecule has 1 unspecified atom stereocenters. The fourth-order valence-corrected chi connectivity index (χ4v) is 3.12. The molecule has 0 aliphatic carbocycles. The molecule has 8 heteroatoms. The maximum atomic E-state index is 12.7. The zero-order valence-electron chi connectivity index (χ0n) is 15.6. The van der Waals surface area contributed by atoms with Crippen LogP contribution in [-0.4, -0.2) is 29.5 Å². The topological polar surface area (TPSA) is 68.1 Å². The van der Waals surface area contributed by atoms with Crippen molar-refractivity contribution in [3.8, 4) is 0 Å². The minimum Gasteiger partial charge on any atom is -0.479 e. The average Bonchev–Trinajstić information content (AvgIpc) is 3.17. The molecule has 0 saturated carbocycles. The van der Waals surface area contributed by atoms with Crippen LogP contribution in [0.25, 0.3) is 0 Å². The molecule has 0 bridgehead atoms. The summed E-state index contributed by atoms with van der Waals surface area (Å²) >= 11 is 0. The molecule has 1 heterocycles. The minimum atomic E-state index is -4.38. The molecule has 29 heavy (non-hydrogen) atoms. The Bertz CT molecular complexity index is 894. The van der Waals surface area contributed by atoms with Crippen molar-refractivity contribution >= 4 is 11.7 Å². The molecular weight excluding hydrogens is 387 g/mol. The number of aliphatic carboxylic acids is 1. The second kappa shape index (κ2) is 8.65. The third-order valence-electron chi connectivity index (χ3n) is 4.60. The number of hydrogen-bond acceptors (Lipinski definition) is 4. The van der Waals surface area contributed by atoms with Crippen LogP contribution in [0.15, 0.2) is 53.7 Å². The maximum Gasteiger partial charge on any atom is 0.416 e. The van der Waals surface area contributed by atoms with Crippen LogP contribution in [0.3, 0.4) is 0 Å². The number of rotatable bonds is 7. The van der Waals surface area contributed by atoms with Gasteiger partial charge >= 0.3 is 12.1 Å². The number of alkyl halides is 3. The van der Waals surface area contributed by atoms with E-state index in [9.17, 15) is 23.1 Å². The highest BCUT2D eigenvalue weighted by Gasteiger charge is 2.31. The molecule has 2 aromatic carbocycles. The highest BCUT2D eigenvalue weighted by molar-refractivity contribution is 6.01. The lowest BCUT2D eigenvalue weighted by Gasteiger charge is -2.13.